The highest BCUT2D eigenvalue weighted by molar-refractivity contribution is 5.86. The summed E-state index contributed by atoms with van der Waals surface area (Å²) in [5.74, 6) is -1.07. The van der Waals surface area contributed by atoms with Crippen LogP contribution < -0.4 is 5.32 Å². The molecule has 1 amide bonds. The summed E-state index contributed by atoms with van der Waals surface area (Å²) in [6.45, 7) is 3.92. The fraction of sp³-hybridized carbons (Fsp3) is 0.467. The van der Waals surface area contributed by atoms with Gasteiger partial charge in [0.15, 0.2) is 0 Å². The SMILES string of the molecule is Cc1cccc(C)c1C[C@H](NC(=O)C1CC1)C(=O)O. The standard InChI is InChI=1S/C15H19NO3/c1-9-4-3-5-10(2)12(9)8-13(15(18)19)16-14(17)11-6-7-11/h3-5,11,13H,6-8H2,1-2H3,(H,16,17)(H,18,19)/t13-/m0/s1. The predicted octanol–water partition coefficient (Wildman–Crippen LogP) is 1.83. The van der Waals surface area contributed by atoms with Crippen LogP contribution in [0.5, 0.6) is 0 Å². The first kappa shape index (κ1) is 13.6. The van der Waals surface area contributed by atoms with E-state index in [2.05, 4.69) is 5.32 Å². The highest BCUT2D eigenvalue weighted by Gasteiger charge is 2.32. The molecule has 0 aromatic heterocycles. The van der Waals surface area contributed by atoms with Crippen LogP contribution in [0.4, 0.5) is 0 Å². The van der Waals surface area contributed by atoms with Crippen LogP contribution in [0.1, 0.15) is 29.5 Å². The number of hydrogen-bond donors (Lipinski definition) is 2. The fourth-order valence-corrected chi connectivity index (χ4v) is 2.21. The summed E-state index contributed by atoms with van der Waals surface area (Å²) in [5, 5.41) is 11.9. The molecule has 102 valence electrons. The van der Waals surface area contributed by atoms with Gasteiger partial charge in [0, 0.05) is 12.3 Å². The lowest BCUT2D eigenvalue weighted by atomic mass is 9.96. The maximum atomic E-state index is 11.7. The fourth-order valence-electron chi connectivity index (χ4n) is 2.21. The average molecular weight is 261 g/mol. The minimum Gasteiger partial charge on any atom is -0.480 e. The molecule has 0 spiro atoms. The molecule has 1 saturated carbocycles. The first-order chi connectivity index (χ1) is 8.99. The Morgan fingerprint density at radius 3 is 2.37 bits per heavy atom. The van der Waals surface area contributed by atoms with Crippen LogP contribution in [0.2, 0.25) is 0 Å². The van der Waals surface area contributed by atoms with Crippen molar-refractivity contribution in [3.63, 3.8) is 0 Å². The molecule has 1 aromatic carbocycles. The molecule has 0 bridgehead atoms. The van der Waals surface area contributed by atoms with Gasteiger partial charge in [-0.15, -0.1) is 0 Å². The minimum atomic E-state index is -0.975. The number of aryl methyl sites for hydroxylation is 2. The zero-order chi connectivity index (χ0) is 14.0. The van der Waals surface area contributed by atoms with Crippen molar-refractivity contribution in [3.8, 4) is 0 Å². The Balaban J connectivity index is 2.11. The molecule has 0 radical (unpaired) electrons. The second-order valence-electron chi connectivity index (χ2n) is 5.25. The van der Waals surface area contributed by atoms with Gasteiger partial charge in [-0.3, -0.25) is 4.79 Å². The van der Waals surface area contributed by atoms with E-state index in [4.69, 9.17) is 0 Å². The number of carbonyl (C=O) groups is 2. The van der Waals surface area contributed by atoms with Gasteiger partial charge in [-0.25, -0.2) is 4.79 Å². The van der Waals surface area contributed by atoms with Gasteiger partial charge in [0.2, 0.25) is 5.91 Å². The van der Waals surface area contributed by atoms with Gasteiger partial charge in [-0.05, 0) is 43.4 Å². The minimum absolute atomic E-state index is 0.0276. The summed E-state index contributed by atoms with van der Waals surface area (Å²) in [4.78, 5) is 23.0. The molecule has 1 aromatic rings. The summed E-state index contributed by atoms with van der Waals surface area (Å²) >= 11 is 0. The first-order valence-electron chi connectivity index (χ1n) is 6.57. The van der Waals surface area contributed by atoms with Gasteiger partial charge < -0.3 is 10.4 Å². The molecule has 1 atom stereocenters. The quantitative estimate of drug-likeness (QED) is 0.849. The summed E-state index contributed by atoms with van der Waals surface area (Å²) in [5.41, 5.74) is 3.13. The second kappa shape index (κ2) is 5.43. The maximum Gasteiger partial charge on any atom is 0.326 e. The Morgan fingerprint density at radius 2 is 1.89 bits per heavy atom. The van der Waals surface area contributed by atoms with Crippen molar-refractivity contribution in [2.75, 3.05) is 0 Å². The lowest BCUT2D eigenvalue weighted by molar-refractivity contribution is -0.142. The zero-order valence-corrected chi connectivity index (χ0v) is 11.3. The maximum absolute atomic E-state index is 11.7. The second-order valence-corrected chi connectivity index (χ2v) is 5.25. The van der Waals surface area contributed by atoms with E-state index in [-0.39, 0.29) is 11.8 Å². The van der Waals surface area contributed by atoms with Crippen LogP contribution >= 0.6 is 0 Å². The van der Waals surface area contributed by atoms with Crippen molar-refractivity contribution >= 4 is 11.9 Å². The van der Waals surface area contributed by atoms with Crippen LogP contribution in [0.3, 0.4) is 0 Å². The molecule has 2 rings (SSSR count). The van der Waals surface area contributed by atoms with Crippen molar-refractivity contribution in [1.82, 2.24) is 5.32 Å². The molecule has 0 unspecified atom stereocenters. The van der Waals surface area contributed by atoms with Crippen LogP contribution in [0.25, 0.3) is 0 Å². The Bertz CT molecular complexity index is 486. The number of nitrogens with one attached hydrogen (secondary N) is 1. The molecular formula is C15H19NO3. The van der Waals surface area contributed by atoms with E-state index in [9.17, 15) is 14.7 Å². The van der Waals surface area contributed by atoms with E-state index < -0.39 is 12.0 Å². The number of hydrogen-bond acceptors (Lipinski definition) is 2. The Labute approximate surface area is 112 Å². The summed E-state index contributed by atoms with van der Waals surface area (Å²) in [6.07, 6.45) is 2.09. The number of carbonyl (C=O) groups excluding carboxylic acids is 1. The van der Waals surface area contributed by atoms with Crippen molar-refractivity contribution < 1.29 is 14.7 Å². The van der Waals surface area contributed by atoms with E-state index in [1.807, 2.05) is 32.0 Å². The summed E-state index contributed by atoms with van der Waals surface area (Å²) in [7, 11) is 0. The Morgan fingerprint density at radius 1 is 1.32 bits per heavy atom. The van der Waals surface area contributed by atoms with Gasteiger partial charge in [-0.1, -0.05) is 18.2 Å². The smallest absolute Gasteiger partial charge is 0.326 e. The molecule has 1 fully saturated rings. The first-order valence-corrected chi connectivity index (χ1v) is 6.57. The number of aliphatic carboxylic acids is 1. The van der Waals surface area contributed by atoms with Crippen LogP contribution in [0, 0.1) is 19.8 Å². The normalized spacial score (nSPS) is 15.9. The van der Waals surface area contributed by atoms with E-state index in [1.54, 1.807) is 0 Å². The van der Waals surface area contributed by atoms with Gasteiger partial charge >= 0.3 is 5.97 Å². The number of rotatable bonds is 5. The van der Waals surface area contributed by atoms with Crippen LogP contribution in [-0.2, 0) is 16.0 Å². The van der Waals surface area contributed by atoms with Crippen molar-refractivity contribution in [3.05, 3.63) is 34.9 Å². The van der Waals surface area contributed by atoms with Gasteiger partial charge in [0.25, 0.3) is 0 Å². The highest BCUT2D eigenvalue weighted by atomic mass is 16.4. The Kier molecular flexibility index (Phi) is 3.88. The molecule has 0 heterocycles. The highest BCUT2D eigenvalue weighted by Crippen LogP contribution is 2.29. The van der Waals surface area contributed by atoms with Crippen LogP contribution in [0.15, 0.2) is 18.2 Å². The largest absolute Gasteiger partial charge is 0.480 e. The molecule has 0 aliphatic heterocycles. The van der Waals surface area contributed by atoms with E-state index in [0.717, 1.165) is 29.5 Å². The molecule has 0 saturated heterocycles. The summed E-state index contributed by atoms with van der Waals surface area (Å²) < 4.78 is 0. The number of benzene rings is 1. The third kappa shape index (κ3) is 3.34. The lowest BCUT2D eigenvalue weighted by Gasteiger charge is -2.17. The molecule has 1 aliphatic carbocycles. The Hall–Kier alpha value is -1.84. The molecule has 2 N–H and O–H groups in total. The van der Waals surface area contributed by atoms with Crippen molar-refractivity contribution in [1.29, 1.82) is 0 Å². The molecular weight excluding hydrogens is 242 g/mol. The number of carboxylic acids is 1. The van der Waals surface area contributed by atoms with E-state index in [0.29, 0.717) is 6.42 Å². The molecule has 1 aliphatic rings. The average Bonchev–Trinajstić information content (AvgIpc) is 3.16. The molecule has 4 heteroatoms. The topological polar surface area (TPSA) is 66.4 Å². The monoisotopic (exact) mass is 261 g/mol. The van der Waals surface area contributed by atoms with Crippen LogP contribution in [-0.4, -0.2) is 23.0 Å². The number of amides is 1. The third-order valence-corrected chi connectivity index (χ3v) is 3.62. The van der Waals surface area contributed by atoms with E-state index in [1.165, 1.54) is 0 Å². The third-order valence-electron chi connectivity index (χ3n) is 3.62. The molecule has 4 nitrogen and oxygen atoms in total. The van der Waals surface area contributed by atoms with Gasteiger partial charge in [0.1, 0.15) is 6.04 Å². The predicted molar refractivity (Wildman–Crippen MR) is 71.9 cm³/mol. The number of carboxylic acid groups (broad SMARTS) is 1. The summed E-state index contributed by atoms with van der Waals surface area (Å²) in [6, 6.07) is 5.04. The van der Waals surface area contributed by atoms with Crippen molar-refractivity contribution in [2.45, 2.75) is 39.2 Å². The zero-order valence-electron chi connectivity index (χ0n) is 11.3. The van der Waals surface area contributed by atoms with Gasteiger partial charge in [-0.2, -0.15) is 0 Å². The van der Waals surface area contributed by atoms with E-state index >= 15 is 0 Å². The lowest BCUT2D eigenvalue weighted by Crippen LogP contribution is -2.43. The van der Waals surface area contributed by atoms with Crippen molar-refractivity contribution in [2.24, 2.45) is 5.92 Å². The van der Waals surface area contributed by atoms with Gasteiger partial charge in [0.05, 0.1) is 0 Å². The molecule has 19 heavy (non-hydrogen) atoms.